The van der Waals surface area contributed by atoms with Crippen LogP contribution in [0.2, 0.25) is 0 Å². The molecule has 0 aliphatic rings. The van der Waals surface area contributed by atoms with Gasteiger partial charge in [-0.25, -0.2) is 0 Å². The molecule has 1 unspecified atom stereocenters. The van der Waals surface area contributed by atoms with Gasteiger partial charge in [-0.2, -0.15) is 0 Å². The van der Waals surface area contributed by atoms with Gasteiger partial charge in [-0.3, -0.25) is 0 Å². The van der Waals surface area contributed by atoms with E-state index in [0.29, 0.717) is 0 Å². The minimum atomic E-state index is 0.0559. The molecular formula is C17H21NO. The fraction of sp³-hybridized carbons (Fsp3) is 0.294. The lowest BCUT2D eigenvalue weighted by Crippen LogP contribution is -2.04. The monoisotopic (exact) mass is 255 g/mol. The van der Waals surface area contributed by atoms with Crippen molar-refractivity contribution in [1.82, 2.24) is 0 Å². The smallest absolute Gasteiger partial charge is 0.124 e. The summed E-state index contributed by atoms with van der Waals surface area (Å²) in [6, 6.07) is 12.8. The summed E-state index contributed by atoms with van der Waals surface area (Å²) in [7, 11) is 1.71. The number of benzene rings is 2. The van der Waals surface area contributed by atoms with Crippen molar-refractivity contribution in [2.45, 2.75) is 26.8 Å². The maximum absolute atomic E-state index is 5.95. The van der Waals surface area contributed by atoms with Crippen LogP contribution in [0.1, 0.15) is 29.7 Å². The van der Waals surface area contributed by atoms with E-state index in [9.17, 15) is 0 Å². The zero-order chi connectivity index (χ0) is 14.0. The third-order valence-electron chi connectivity index (χ3n) is 3.41. The minimum absolute atomic E-state index is 0.0559. The van der Waals surface area contributed by atoms with Gasteiger partial charge in [0.2, 0.25) is 0 Å². The lowest BCUT2D eigenvalue weighted by Gasteiger charge is -2.13. The fourth-order valence-corrected chi connectivity index (χ4v) is 2.44. The molecular weight excluding hydrogens is 234 g/mol. The third kappa shape index (κ3) is 2.79. The van der Waals surface area contributed by atoms with Gasteiger partial charge in [0.05, 0.1) is 7.11 Å². The highest BCUT2D eigenvalue weighted by Crippen LogP contribution is 2.30. The summed E-state index contributed by atoms with van der Waals surface area (Å²) < 4.78 is 5.41. The Kier molecular flexibility index (Phi) is 3.91. The second kappa shape index (κ2) is 5.45. The van der Waals surface area contributed by atoms with E-state index in [2.05, 4.69) is 50.2 Å². The quantitative estimate of drug-likeness (QED) is 0.899. The highest BCUT2D eigenvalue weighted by molar-refractivity contribution is 5.68. The summed E-state index contributed by atoms with van der Waals surface area (Å²) in [5.41, 5.74) is 11.8. The van der Waals surface area contributed by atoms with Crippen LogP contribution < -0.4 is 10.5 Å². The number of hydrogen-bond donors (Lipinski definition) is 1. The molecule has 0 amide bonds. The average molecular weight is 255 g/mol. The van der Waals surface area contributed by atoms with Gasteiger partial charge in [-0.05, 0) is 66.8 Å². The van der Waals surface area contributed by atoms with Crippen LogP contribution in [0.15, 0.2) is 36.4 Å². The van der Waals surface area contributed by atoms with E-state index in [1.807, 2.05) is 6.92 Å². The van der Waals surface area contributed by atoms with Gasteiger partial charge in [0.1, 0.15) is 5.75 Å². The number of nitrogens with two attached hydrogens (primary N) is 1. The molecule has 0 bridgehead atoms. The van der Waals surface area contributed by atoms with Crippen molar-refractivity contribution >= 4 is 0 Å². The van der Waals surface area contributed by atoms with Crippen LogP contribution in [0.5, 0.6) is 5.75 Å². The standard InChI is InChI=1S/C17H21NO/c1-11-8-16(9-12(2)17(11)19-4)15-7-5-6-14(10-15)13(3)18/h5-10,13H,18H2,1-4H3. The van der Waals surface area contributed by atoms with Crippen molar-refractivity contribution < 1.29 is 4.74 Å². The summed E-state index contributed by atoms with van der Waals surface area (Å²) in [6.45, 7) is 6.15. The topological polar surface area (TPSA) is 35.2 Å². The van der Waals surface area contributed by atoms with E-state index in [1.165, 1.54) is 11.1 Å². The van der Waals surface area contributed by atoms with Crippen molar-refractivity contribution in [1.29, 1.82) is 0 Å². The Bertz CT molecular complexity index is 565. The Hall–Kier alpha value is -1.80. The molecule has 0 saturated carbocycles. The summed E-state index contributed by atoms with van der Waals surface area (Å²) in [5, 5.41) is 0. The van der Waals surface area contributed by atoms with Gasteiger partial charge in [0.15, 0.2) is 0 Å². The van der Waals surface area contributed by atoms with Gasteiger partial charge in [-0.15, -0.1) is 0 Å². The number of aryl methyl sites for hydroxylation is 2. The zero-order valence-electron chi connectivity index (χ0n) is 12.0. The van der Waals surface area contributed by atoms with Crippen molar-refractivity contribution in [3.63, 3.8) is 0 Å². The van der Waals surface area contributed by atoms with Crippen molar-refractivity contribution in [2.24, 2.45) is 5.73 Å². The highest BCUT2D eigenvalue weighted by atomic mass is 16.5. The minimum Gasteiger partial charge on any atom is -0.496 e. The van der Waals surface area contributed by atoms with E-state index in [1.54, 1.807) is 7.11 Å². The summed E-state index contributed by atoms with van der Waals surface area (Å²) in [6.07, 6.45) is 0. The average Bonchev–Trinajstić information content (AvgIpc) is 2.38. The van der Waals surface area contributed by atoms with Crippen LogP contribution in [-0.4, -0.2) is 7.11 Å². The lowest BCUT2D eigenvalue weighted by molar-refractivity contribution is 0.408. The number of methoxy groups -OCH3 is 1. The molecule has 2 heteroatoms. The molecule has 0 radical (unpaired) electrons. The number of hydrogen-bond acceptors (Lipinski definition) is 2. The number of rotatable bonds is 3. The van der Waals surface area contributed by atoms with E-state index >= 15 is 0 Å². The largest absolute Gasteiger partial charge is 0.496 e. The van der Waals surface area contributed by atoms with Crippen LogP contribution in [0.3, 0.4) is 0 Å². The van der Waals surface area contributed by atoms with Crippen LogP contribution in [0, 0.1) is 13.8 Å². The molecule has 0 aromatic heterocycles. The molecule has 0 aliphatic carbocycles. The predicted molar refractivity (Wildman–Crippen MR) is 80.5 cm³/mol. The molecule has 2 nitrogen and oxygen atoms in total. The fourth-order valence-electron chi connectivity index (χ4n) is 2.44. The third-order valence-corrected chi connectivity index (χ3v) is 3.41. The van der Waals surface area contributed by atoms with Gasteiger partial charge in [-0.1, -0.05) is 18.2 Å². The van der Waals surface area contributed by atoms with E-state index < -0.39 is 0 Å². The highest BCUT2D eigenvalue weighted by Gasteiger charge is 2.08. The Labute approximate surface area is 115 Å². The van der Waals surface area contributed by atoms with E-state index in [-0.39, 0.29) is 6.04 Å². The Balaban J connectivity index is 2.50. The number of ether oxygens (including phenoxy) is 1. The summed E-state index contributed by atoms with van der Waals surface area (Å²) in [4.78, 5) is 0. The van der Waals surface area contributed by atoms with Crippen LogP contribution in [-0.2, 0) is 0 Å². The first-order chi connectivity index (χ1) is 9.02. The molecule has 2 aromatic carbocycles. The van der Waals surface area contributed by atoms with Gasteiger partial charge >= 0.3 is 0 Å². The Morgan fingerprint density at radius 3 is 2.16 bits per heavy atom. The van der Waals surface area contributed by atoms with Crippen LogP contribution >= 0.6 is 0 Å². The van der Waals surface area contributed by atoms with Crippen molar-refractivity contribution in [2.75, 3.05) is 7.11 Å². The molecule has 1 atom stereocenters. The summed E-state index contributed by atoms with van der Waals surface area (Å²) >= 11 is 0. The molecule has 0 heterocycles. The molecule has 0 aliphatic heterocycles. The molecule has 2 N–H and O–H groups in total. The maximum atomic E-state index is 5.95. The molecule has 2 rings (SSSR count). The van der Waals surface area contributed by atoms with Crippen molar-refractivity contribution in [3.05, 3.63) is 53.1 Å². The second-order valence-electron chi connectivity index (χ2n) is 5.06. The molecule has 19 heavy (non-hydrogen) atoms. The zero-order valence-corrected chi connectivity index (χ0v) is 12.0. The van der Waals surface area contributed by atoms with E-state index in [0.717, 1.165) is 22.4 Å². The van der Waals surface area contributed by atoms with Crippen molar-refractivity contribution in [3.8, 4) is 16.9 Å². The van der Waals surface area contributed by atoms with Crippen LogP contribution in [0.25, 0.3) is 11.1 Å². The SMILES string of the molecule is COc1c(C)cc(-c2cccc(C(C)N)c2)cc1C. The molecule has 0 spiro atoms. The first-order valence-electron chi connectivity index (χ1n) is 6.54. The Morgan fingerprint density at radius 2 is 1.63 bits per heavy atom. The normalized spacial score (nSPS) is 12.3. The molecule has 100 valence electrons. The van der Waals surface area contributed by atoms with Gasteiger partial charge in [0.25, 0.3) is 0 Å². The first-order valence-corrected chi connectivity index (χ1v) is 6.54. The molecule has 0 fully saturated rings. The van der Waals surface area contributed by atoms with E-state index in [4.69, 9.17) is 10.5 Å². The van der Waals surface area contributed by atoms with Crippen LogP contribution in [0.4, 0.5) is 0 Å². The first kappa shape index (κ1) is 13.6. The maximum Gasteiger partial charge on any atom is 0.124 e. The molecule has 0 saturated heterocycles. The summed E-state index contributed by atoms with van der Waals surface area (Å²) in [5.74, 6) is 0.965. The van der Waals surface area contributed by atoms with Gasteiger partial charge < -0.3 is 10.5 Å². The predicted octanol–water partition coefficient (Wildman–Crippen LogP) is 4.00. The second-order valence-corrected chi connectivity index (χ2v) is 5.06. The van der Waals surface area contributed by atoms with Gasteiger partial charge in [0, 0.05) is 6.04 Å². The lowest BCUT2D eigenvalue weighted by atomic mass is 9.97. The Morgan fingerprint density at radius 1 is 1.00 bits per heavy atom. The molecule has 2 aromatic rings.